The highest BCUT2D eigenvalue weighted by Gasteiger charge is 2.16. The van der Waals surface area contributed by atoms with E-state index in [4.69, 9.17) is 5.53 Å². The van der Waals surface area contributed by atoms with Gasteiger partial charge in [0.15, 0.2) is 0 Å². The first-order valence-corrected chi connectivity index (χ1v) is 7.50. The maximum atomic E-state index is 8.85. The van der Waals surface area contributed by atoms with Gasteiger partial charge in [-0.3, -0.25) is 0 Å². The highest BCUT2D eigenvalue weighted by molar-refractivity contribution is 5.84. The molecule has 3 rings (SSSR count). The van der Waals surface area contributed by atoms with Crippen molar-refractivity contribution in [1.82, 2.24) is 9.55 Å². The van der Waals surface area contributed by atoms with Gasteiger partial charge in [-0.1, -0.05) is 65.6 Å². The minimum absolute atomic E-state index is 0.524. The van der Waals surface area contributed by atoms with Gasteiger partial charge in [-0.2, -0.15) is 0 Å². The fraction of sp³-hybridized carbons (Fsp3) is 0.105. The van der Waals surface area contributed by atoms with Gasteiger partial charge in [-0.15, -0.1) is 5.92 Å². The Morgan fingerprint density at radius 3 is 2.62 bits per heavy atom. The number of hydrogen-bond donors (Lipinski definition) is 0. The first kappa shape index (κ1) is 15.4. The molecule has 0 radical (unpaired) electrons. The molecule has 2 aromatic carbocycles. The standard InChI is InChI=1S/C19H15N5/c1-2-3-13-24-14-21-18(15-9-5-4-6-10-15)19(24)16-11-7-8-12-17(16)22-23-20/h4-12,14H,13H2,1H3. The van der Waals surface area contributed by atoms with Crippen molar-refractivity contribution in [2.45, 2.75) is 13.5 Å². The van der Waals surface area contributed by atoms with Gasteiger partial charge in [0.25, 0.3) is 0 Å². The quantitative estimate of drug-likeness (QED) is 0.283. The van der Waals surface area contributed by atoms with Gasteiger partial charge in [0.05, 0.1) is 24.3 Å². The number of rotatable bonds is 4. The lowest BCUT2D eigenvalue weighted by Crippen LogP contribution is -1.97. The summed E-state index contributed by atoms with van der Waals surface area (Å²) < 4.78 is 1.98. The number of benzene rings is 2. The molecule has 1 heterocycles. The van der Waals surface area contributed by atoms with Crippen molar-refractivity contribution in [1.29, 1.82) is 0 Å². The lowest BCUT2D eigenvalue weighted by atomic mass is 10.0. The normalized spacial score (nSPS) is 9.71. The second-order valence-electron chi connectivity index (χ2n) is 5.07. The number of imidazole rings is 1. The highest BCUT2D eigenvalue weighted by Crippen LogP contribution is 2.36. The second kappa shape index (κ2) is 7.19. The zero-order valence-electron chi connectivity index (χ0n) is 13.2. The highest BCUT2D eigenvalue weighted by atomic mass is 15.1. The van der Waals surface area contributed by atoms with Crippen molar-refractivity contribution >= 4 is 5.69 Å². The number of aromatic nitrogens is 2. The molecule has 0 fully saturated rings. The molecule has 0 aliphatic rings. The predicted octanol–water partition coefficient (Wildman–Crippen LogP) is 5.18. The third-order valence-corrected chi connectivity index (χ3v) is 3.62. The molecule has 0 aliphatic carbocycles. The molecule has 5 heteroatoms. The molecule has 0 aliphatic heterocycles. The van der Waals surface area contributed by atoms with Crippen LogP contribution < -0.4 is 0 Å². The van der Waals surface area contributed by atoms with Crippen molar-refractivity contribution in [2.24, 2.45) is 5.11 Å². The van der Waals surface area contributed by atoms with E-state index in [-0.39, 0.29) is 0 Å². The Hall–Kier alpha value is -3.48. The van der Waals surface area contributed by atoms with E-state index in [1.54, 1.807) is 12.4 Å². The van der Waals surface area contributed by atoms with Crippen molar-refractivity contribution in [2.75, 3.05) is 0 Å². The lowest BCUT2D eigenvalue weighted by molar-refractivity contribution is 0.847. The maximum Gasteiger partial charge on any atom is 0.0967 e. The van der Waals surface area contributed by atoms with Crippen LogP contribution in [0.3, 0.4) is 0 Å². The summed E-state index contributed by atoms with van der Waals surface area (Å²) in [6.07, 6.45) is 1.77. The zero-order chi connectivity index (χ0) is 16.8. The summed E-state index contributed by atoms with van der Waals surface area (Å²) in [7, 11) is 0. The van der Waals surface area contributed by atoms with Crippen LogP contribution in [-0.4, -0.2) is 9.55 Å². The number of nitrogens with zero attached hydrogens (tertiary/aromatic N) is 5. The van der Waals surface area contributed by atoms with Gasteiger partial charge in [-0.25, -0.2) is 4.98 Å². The Bertz CT molecular complexity index is 954. The summed E-state index contributed by atoms with van der Waals surface area (Å²) in [5.74, 6) is 5.96. The SMILES string of the molecule is CC#CCn1cnc(-c2ccccc2)c1-c1ccccc1N=[N+]=[N-]. The van der Waals surface area contributed by atoms with Crippen molar-refractivity contribution in [3.63, 3.8) is 0 Å². The van der Waals surface area contributed by atoms with Gasteiger partial charge in [-0.05, 0) is 12.5 Å². The van der Waals surface area contributed by atoms with Crippen molar-refractivity contribution in [3.8, 4) is 34.4 Å². The molecule has 0 saturated carbocycles. The zero-order valence-corrected chi connectivity index (χ0v) is 13.2. The molecule has 0 amide bonds. The van der Waals surface area contributed by atoms with Crippen LogP contribution in [0.2, 0.25) is 0 Å². The average molecular weight is 313 g/mol. The van der Waals surface area contributed by atoms with Crippen LogP contribution in [-0.2, 0) is 6.54 Å². The topological polar surface area (TPSA) is 66.6 Å². The fourth-order valence-electron chi connectivity index (χ4n) is 2.57. The van der Waals surface area contributed by atoms with Crippen LogP contribution in [0.1, 0.15) is 6.92 Å². The number of hydrogen-bond acceptors (Lipinski definition) is 2. The third-order valence-electron chi connectivity index (χ3n) is 3.62. The van der Waals surface area contributed by atoms with Crippen LogP contribution in [0.5, 0.6) is 0 Å². The van der Waals surface area contributed by atoms with Crippen molar-refractivity contribution < 1.29 is 0 Å². The molecule has 0 spiro atoms. The summed E-state index contributed by atoms with van der Waals surface area (Å²) in [6, 6.07) is 17.4. The average Bonchev–Trinajstić information content (AvgIpc) is 3.05. The summed E-state index contributed by atoms with van der Waals surface area (Å²) in [4.78, 5) is 7.52. The summed E-state index contributed by atoms with van der Waals surface area (Å²) in [5, 5.41) is 3.82. The third kappa shape index (κ3) is 3.00. The van der Waals surface area contributed by atoms with E-state index in [0.717, 1.165) is 22.5 Å². The molecule has 3 aromatic rings. The molecule has 0 saturated heterocycles. The summed E-state index contributed by atoms with van der Waals surface area (Å²) in [6.45, 7) is 2.33. The Morgan fingerprint density at radius 1 is 1.12 bits per heavy atom. The smallest absolute Gasteiger partial charge is 0.0967 e. The predicted molar refractivity (Wildman–Crippen MR) is 95.4 cm³/mol. The van der Waals surface area contributed by atoms with E-state index in [9.17, 15) is 0 Å². The fourth-order valence-corrected chi connectivity index (χ4v) is 2.57. The van der Waals surface area contributed by atoms with E-state index >= 15 is 0 Å². The van der Waals surface area contributed by atoms with Crippen LogP contribution >= 0.6 is 0 Å². The summed E-state index contributed by atoms with van der Waals surface area (Å²) >= 11 is 0. The van der Waals surface area contributed by atoms with E-state index < -0.39 is 0 Å². The summed E-state index contributed by atoms with van der Waals surface area (Å²) in [5.41, 5.74) is 13.0. The molecule has 24 heavy (non-hydrogen) atoms. The first-order valence-electron chi connectivity index (χ1n) is 7.50. The second-order valence-corrected chi connectivity index (χ2v) is 5.07. The van der Waals surface area contributed by atoms with E-state index in [1.807, 2.05) is 60.0 Å². The van der Waals surface area contributed by atoms with E-state index in [0.29, 0.717) is 12.2 Å². The largest absolute Gasteiger partial charge is 0.318 e. The van der Waals surface area contributed by atoms with Crippen LogP contribution in [0.4, 0.5) is 5.69 Å². The molecular formula is C19H15N5. The first-order chi connectivity index (χ1) is 11.8. The van der Waals surface area contributed by atoms with Gasteiger partial charge in [0.2, 0.25) is 0 Å². The Kier molecular flexibility index (Phi) is 4.62. The van der Waals surface area contributed by atoms with Gasteiger partial charge >= 0.3 is 0 Å². The molecule has 0 atom stereocenters. The van der Waals surface area contributed by atoms with Crippen LogP contribution in [0.25, 0.3) is 33.0 Å². The Balaban J connectivity index is 2.26. The molecule has 1 aromatic heterocycles. The Labute approximate surface area is 140 Å². The monoisotopic (exact) mass is 313 g/mol. The molecule has 0 unspecified atom stereocenters. The maximum absolute atomic E-state index is 8.85. The molecule has 0 N–H and O–H groups in total. The minimum Gasteiger partial charge on any atom is -0.318 e. The van der Waals surface area contributed by atoms with Gasteiger partial charge in [0.1, 0.15) is 0 Å². The molecular weight excluding hydrogens is 298 g/mol. The number of azide groups is 1. The minimum atomic E-state index is 0.524. The van der Waals surface area contributed by atoms with Crippen LogP contribution in [0, 0.1) is 11.8 Å². The van der Waals surface area contributed by atoms with Crippen LogP contribution in [0.15, 0.2) is 66.0 Å². The lowest BCUT2D eigenvalue weighted by Gasteiger charge is -2.10. The van der Waals surface area contributed by atoms with Gasteiger partial charge < -0.3 is 4.57 Å². The van der Waals surface area contributed by atoms with Gasteiger partial charge in [0, 0.05) is 21.7 Å². The van der Waals surface area contributed by atoms with Crippen molar-refractivity contribution in [3.05, 3.63) is 71.4 Å². The molecule has 116 valence electrons. The Morgan fingerprint density at radius 2 is 1.88 bits per heavy atom. The molecule has 0 bridgehead atoms. The van der Waals surface area contributed by atoms with E-state index in [2.05, 4.69) is 26.9 Å². The molecule has 5 nitrogen and oxygen atoms in total. The van der Waals surface area contributed by atoms with E-state index in [1.165, 1.54) is 0 Å².